The molecule has 0 N–H and O–H groups in total. The average Bonchev–Trinajstić information content (AvgIpc) is 3.27. The molecule has 1 aromatic rings. The topological polar surface area (TPSA) is 86.3 Å². The Labute approximate surface area is 176 Å². The average molecular weight is 417 g/mol. The number of hydrogen-bond donors (Lipinski definition) is 0. The van der Waals surface area contributed by atoms with Crippen molar-refractivity contribution in [2.75, 3.05) is 46.4 Å². The molecule has 0 aromatic carbocycles. The molecule has 1 atom stereocenters. The van der Waals surface area contributed by atoms with Crippen molar-refractivity contribution in [1.82, 2.24) is 24.5 Å². The third kappa shape index (κ3) is 3.43. The minimum absolute atomic E-state index is 0.00167. The molecule has 1 unspecified atom stereocenters. The number of imide groups is 1. The van der Waals surface area contributed by atoms with Gasteiger partial charge in [-0.2, -0.15) is 0 Å². The minimum Gasteiger partial charge on any atom is -0.379 e. The summed E-state index contributed by atoms with van der Waals surface area (Å²) in [6.45, 7) is 11.9. The molecule has 0 radical (unpaired) electrons. The molecule has 10 heteroatoms. The van der Waals surface area contributed by atoms with E-state index in [1.807, 2.05) is 38.3 Å². The molecule has 2 fully saturated rings. The van der Waals surface area contributed by atoms with Crippen molar-refractivity contribution in [3.8, 4) is 0 Å². The molecule has 0 saturated carbocycles. The summed E-state index contributed by atoms with van der Waals surface area (Å²) in [6, 6.07) is 1.01. The SMILES string of the molecule is Cc1cc(C)n(C2=[N+](C(C)C)C3C(=O)N(CCN4CCOCC4)C(=O)N(C)C3=N2)n1. The van der Waals surface area contributed by atoms with E-state index in [-0.39, 0.29) is 18.0 Å². The van der Waals surface area contributed by atoms with E-state index in [0.29, 0.717) is 38.1 Å². The Morgan fingerprint density at radius 1 is 1.20 bits per heavy atom. The van der Waals surface area contributed by atoms with E-state index in [1.165, 1.54) is 9.80 Å². The number of aryl methyl sites for hydroxylation is 2. The summed E-state index contributed by atoms with van der Waals surface area (Å²) in [5.41, 5.74) is 1.81. The van der Waals surface area contributed by atoms with Crippen molar-refractivity contribution in [2.24, 2.45) is 4.99 Å². The molecule has 0 spiro atoms. The van der Waals surface area contributed by atoms with E-state index in [9.17, 15) is 9.59 Å². The number of aromatic nitrogens is 2. The fourth-order valence-electron chi connectivity index (χ4n) is 4.26. The van der Waals surface area contributed by atoms with Gasteiger partial charge in [-0.3, -0.25) is 19.5 Å². The number of carbonyl (C=O) groups excluding carboxylic acids is 2. The van der Waals surface area contributed by atoms with Gasteiger partial charge in [0.25, 0.3) is 5.91 Å². The molecular weight excluding hydrogens is 386 g/mol. The Morgan fingerprint density at radius 2 is 1.90 bits per heavy atom. The monoisotopic (exact) mass is 416 g/mol. The molecule has 3 aliphatic rings. The van der Waals surface area contributed by atoms with Crippen LogP contribution in [0.5, 0.6) is 0 Å². The lowest BCUT2D eigenvalue weighted by Gasteiger charge is -2.36. The number of amides is 3. The Bertz CT molecular complexity index is 927. The molecule has 1 aromatic heterocycles. The number of morpholine rings is 1. The van der Waals surface area contributed by atoms with Gasteiger partial charge in [0.05, 0.1) is 24.9 Å². The van der Waals surface area contributed by atoms with Crippen molar-refractivity contribution >= 4 is 23.7 Å². The van der Waals surface area contributed by atoms with Crippen molar-refractivity contribution < 1.29 is 18.9 Å². The molecule has 0 bridgehead atoms. The number of carbonyl (C=O) groups is 2. The van der Waals surface area contributed by atoms with E-state index in [2.05, 4.69) is 10.00 Å². The van der Waals surface area contributed by atoms with Crippen molar-refractivity contribution in [2.45, 2.75) is 39.8 Å². The molecule has 2 saturated heterocycles. The van der Waals surface area contributed by atoms with Gasteiger partial charge in [-0.15, -0.1) is 9.78 Å². The van der Waals surface area contributed by atoms with E-state index < -0.39 is 6.04 Å². The van der Waals surface area contributed by atoms with Crippen molar-refractivity contribution in [3.05, 3.63) is 17.5 Å². The van der Waals surface area contributed by atoms with Gasteiger partial charge < -0.3 is 4.74 Å². The summed E-state index contributed by atoms with van der Waals surface area (Å²) in [4.78, 5) is 36.3. The predicted molar refractivity (Wildman–Crippen MR) is 111 cm³/mol. The highest BCUT2D eigenvalue weighted by Gasteiger charge is 2.53. The van der Waals surface area contributed by atoms with Crippen LogP contribution in [0.25, 0.3) is 0 Å². The highest BCUT2D eigenvalue weighted by atomic mass is 16.5. The molecule has 0 aliphatic carbocycles. The van der Waals surface area contributed by atoms with Gasteiger partial charge in [-0.1, -0.05) is 4.99 Å². The third-order valence-corrected chi connectivity index (χ3v) is 5.83. The first-order chi connectivity index (χ1) is 14.3. The first kappa shape index (κ1) is 20.7. The zero-order valence-electron chi connectivity index (χ0n) is 18.3. The minimum atomic E-state index is -0.628. The number of urea groups is 1. The smallest absolute Gasteiger partial charge is 0.379 e. The highest BCUT2D eigenvalue weighted by Crippen LogP contribution is 2.22. The van der Waals surface area contributed by atoms with Gasteiger partial charge in [0.15, 0.2) is 0 Å². The second kappa shape index (κ2) is 7.92. The second-order valence-electron chi connectivity index (χ2n) is 8.30. The molecule has 3 amide bonds. The zero-order chi connectivity index (χ0) is 21.6. The Hall–Kier alpha value is -2.59. The zero-order valence-corrected chi connectivity index (χ0v) is 18.3. The number of ether oxygens (including phenoxy) is 1. The van der Waals surface area contributed by atoms with Gasteiger partial charge in [0, 0.05) is 33.2 Å². The predicted octanol–water partition coefficient (Wildman–Crippen LogP) is 0.132. The van der Waals surface area contributed by atoms with Crippen molar-refractivity contribution in [1.29, 1.82) is 0 Å². The van der Waals surface area contributed by atoms with Crippen LogP contribution in [0.3, 0.4) is 0 Å². The molecular formula is C20H30N7O3+. The van der Waals surface area contributed by atoms with Gasteiger partial charge in [0.2, 0.25) is 11.9 Å². The standard InChI is InChI=1S/C20H30N7O3/c1-13(2)26-16-17(21-19(26)27-15(4)12-14(3)22-27)23(5)20(29)25(18(16)28)7-6-24-8-10-30-11-9-24/h12-13,16H,6-11H2,1-5H3/q+1. The highest BCUT2D eigenvalue weighted by molar-refractivity contribution is 6.23. The number of aliphatic imine (C=N–C) groups is 1. The van der Waals surface area contributed by atoms with Gasteiger partial charge in [0.1, 0.15) is 5.69 Å². The van der Waals surface area contributed by atoms with Crippen molar-refractivity contribution in [3.63, 3.8) is 0 Å². The van der Waals surface area contributed by atoms with Crippen LogP contribution in [-0.4, -0.2) is 111 Å². The lowest BCUT2D eigenvalue weighted by atomic mass is 10.1. The quantitative estimate of drug-likeness (QED) is 0.652. The molecule has 10 nitrogen and oxygen atoms in total. The van der Waals surface area contributed by atoms with E-state index >= 15 is 0 Å². The normalized spacial score (nSPS) is 23.0. The van der Waals surface area contributed by atoms with Crippen LogP contribution in [0.2, 0.25) is 0 Å². The third-order valence-electron chi connectivity index (χ3n) is 5.83. The number of fused-ring (bicyclic) bond motifs is 1. The number of hydrogen-bond acceptors (Lipinski definition) is 6. The Morgan fingerprint density at radius 3 is 2.50 bits per heavy atom. The summed E-state index contributed by atoms with van der Waals surface area (Å²) in [6.07, 6.45) is 0. The van der Waals surface area contributed by atoms with E-state index in [0.717, 1.165) is 24.5 Å². The Kier molecular flexibility index (Phi) is 5.46. The first-order valence-corrected chi connectivity index (χ1v) is 10.5. The summed E-state index contributed by atoms with van der Waals surface area (Å²) in [5.74, 6) is 0.817. The summed E-state index contributed by atoms with van der Waals surface area (Å²) in [5, 5.41) is 4.55. The molecule has 4 rings (SSSR count). The summed E-state index contributed by atoms with van der Waals surface area (Å²) >= 11 is 0. The number of amidine groups is 1. The fraction of sp³-hybridized carbons (Fsp3) is 0.650. The number of likely N-dealkylation sites (N-methyl/N-ethyl adjacent to an activating group) is 1. The van der Waals surface area contributed by atoms with Crippen LogP contribution in [0, 0.1) is 13.8 Å². The first-order valence-electron chi connectivity index (χ1n) is 10.5. The fourth-order valence-corrected chi connectivity index (χ4v) is 4.26. The lowest BCUT2D eigenvalue weighted by molar-refractivity contribution is -0.567. The summed E-state index contributed by atoms with van der Waals surface area (Å²) < 4.78 is 9.10. The maximum Gasteiger partial charge on any atom is 0.421 e. The molecule has 162 valence electrons. The molecule has 30 heavy (non-hydrogen) atoms. The molecule has 4 heterocycles. The van der Waals surface area contributed by atoms with Crippen LogP contribution >= 0.6 is 0 Å². The van der Waals surface area contributed by atoms with Crippen LogP contribution in [0.1, 0.15) is 25.2 Å². The maximum atomic E-state index is 13.5. The largest absolute Gasteiger partial charge is 0.421 e. The number of rotatable bonds is 4. The van der Waals surface area contributed by atoms with E-state index in [1.54, 1.807) is 11.7 Å². The van der Waals surface area contributed by atoms with Crippen LogP contribution in [-0.2, 0) is 9.53 Å². The summed E-state index contributed by atoms with van der Waals surface area (Å²) in [7, 11) is 1.69. The molecule has 3 aliphatic heterocycles. The van der Waals surface area contributed by atoms with Crippen LogP contribution < -0.4 is 0 Å². The van der Waals surface area contributed by atoms with Gasteiger partial charge >= 0.3 is 12.0 Å². The lowest BCUT2D eigenvalue weighted by Crippen LogP contribution is -2.64. The maximum absolute atomic E-state index is 13.5. The van der Waals surface area contributed by atoms with Crippen LogP contribution in [0.4, 0.5) is 4.79 Å². The van der Waals surface area contributed by atoms with Gasteiger partial charge in [-0.25, -0.2) is 9.37 Å². The van der Waals surface area contributed by atoms with E-state index in [4.69, 9.17) is 9.73 Å². The van der Waals surface area contributed by atoms with Crippen LogP contribution in [0.15, 0.2) is 11.1 Å². The van der Waals surface area contributed by atoms with Gasteiger partial charge in [-0.05, 0) is 33.8 Å². The second-order valence-corrected chi connectivity index (χ2v) is 8.30. The number of nitrogens with zero attached hydrogens (tertiary/aromatic N) is 7. The Balaban J connectivity index is 1.66.